The van der Waals surface area contributed by atoms with Gasteiger partial charge in [0.15, 0.2) is 0 Å². The molecule has 2 aromatic rings. The van der Waals surface area contributed by atoms with Crippen molar-refractivity contribution in [1.29, 1.82) is 0 Å². The maximum atomic E-state index is 10.9. The lowest BCUT2D eigenvalue weighted by Crippen LogP contribution is -2.16. The minimum Gasteiger partial charge on any atom is -0.478 e. The van der Waals surface area contributed by atoms with Gasteiger partial charge in [0.05, 0.1) is 12.2 Å². The Morgan fingerprint density at radius 2 is 2.19 bits per heavy atom. The Kier molecular flexibility index (Phi) is 2.81. The van der Waals surface area contributed by atoms with E-state index in [2.05, 4.69) is 15.4 Å². The number of carboxylic acids is 1. The zero-order valence-corrected chi connectivity index (χ0v) is 8.37. The Hall–Kier alpha value is -2.37. The number of hydrogen-bond donors (Lipinski definition) is 2. The molecule has 0 aliphatic heterocycles. The maximum absolute atomic E-state index is 10.9. The SMILES string of the molecule is O=C(O)c1cncnc1CNn1cccc1. The molecule has 82 valence electrons. The van der Waals surface area contributed by atoms with Crippen LogP contribution in [0.1, 0.15) is 16.1 Å². The van der Waals surface area contributed by atoms with Gasteiger partial charge in [0.1, 0.15) is 11.9 Å². The van der Waals surface area contributed by atoms with E-state index in [1.54, 1.807) is 4.68 Å². The molecule has 6 heteroatoms. The number of rotatable bonds is 4. The smallest absolute Gasteiger partial charge is 0.339 e. The predicted octanol–water partition coefficient (Wildman–Crippen LogP) is 0.720. The van der Waals surface area contributed by atoms with Crippen molar-refractivity contribution in [3.05, 3.63) is 48.3 Å². The van der Waals surface area contributed by atoms with E-state index in [9.17, 15) is 4.79 Å². The summed E-state index contributed by atoms with van der Waals surface area (Å²) in [6, 6.07) is 3.73. The first-order valence-corrected chi connectivity index (χ1v) is 4.66. The van der Waals surface area contributed by atoms with Crippen LogP contribution in [-0.4, -0.2) is 25.7 Å². The van der Waals surface area contributed by atoms with E-state index in [0.717, 1.165) is 0 Å². The molecule has 0 fully saturated rings. The fourth-order valence-electron chi connectivity index (χ4n) is 1.28. The Bertz CT molecular complexity index is 481. The van der Waals surface area contributed by atoms with E-state index in [1.165, 1.54) is 12.5 Å². The normalized spacial score (nSPS) is 10.0. The minimum atomic E-state index is -1.02. The molecule has 2 heterocycles. The molecule has 0 saturated heterocycles. The fourth-order valence-corrected chi connectivity index (χ4v) is 1.28. The quantitative estimate of drug-likeness (QED) is 0.790. The summed E-state index contributed by atoms with van der Waals surface area (Å²) in [6.45, 7) is 0.332. The van der Waals surface area contributed by atoms with E-state index in [4.69, 9.17) is 5.11 Å². The standard InChI is InChI=1S/C10H10N4O2/c15-10(16)8-5-11-7-12-9(8)6-13-14-3-1-2-4-14/h1-5,7,13H,6H2,(H,15,16). The Morgan fingerprint density at radius 3 is 2.88 bits per heavy atom. The van der Waals surface area contributed by atoms with Crippen molar-refractivity contribution in [2.75, 3.05) is 5.43 Å². The molecular weight excluding hydrogens is 208 g/mol. The first-order chi connectivity index (χ1) is 7.77. The van der Waals surface area contributed by atoms with E-state index in [-0.39, 0.29) is 5.56 Å². The van der Waals surface area contributed by atoms with Crippen LogP contribution in [0.4, 0.5) is 0 Å². The van der Waals surface area contributed by atoms with Crippen molar-refractivity contribution in [2.45, 2.75) is 6.54 Å². The molecule has 2 rings (SSSR count). The van der Waals surface area contributed by atoms with Gasteiger partial charge in [0.25, 0.3) is 0 Å². The number of nitrogens with one attached hydrogen (secondary N) is 1. The van der Waals surface area contributed by atoms with Gasteiger partial charge < -0.3 is 10.5 Å². The predicted molar refractivity (Wildman–Crippen MR) is 56.5 cm³/mol. The summed E-state index contributed by atoms with van der Waals surface area (Å²) in [7, 11) is 0. The second kappa shape index (κ2) is 4.43. The van der Waals surface area contributed by atoms with Crippen LogP contribution in [0.25, 0.3) is 0 Å². The van der Waals surface area contributed by atoms with E-state index in [1.807, 2.05) is 24.5 Å². The van der Waals surface area contributed by atoms with Crippen molar-refractivity contribution in [3.8, 4) is 0 Å². The highest BCUT2D eigenvalue weighted by molar-refractivity contribution is 5.88. The van der Waals surface area contributed by atoms with Crippen LogP contribution in [-0.2, 0) is 6.54 Å². The Labute approximate surface area is 91.6 Å². The van der Waals surface area contributed by atoms with Gasteiger partial charge in [-0.2, -0.15) is 0 Å². The summed E-state index contributed by atoms with van der Waals surface area (Å²) in [5.41, 5.74) is 3.57. The first-order valence-electron chi connectivity index (χ1n) is 4.66. The molecule has 0 saturated carbocycles. The summed E-state index contributed by atoms with van der Waals surface area (Å²) >= 11 is 0. The number of hydrogen-bond acceptors (Lipinski definition) is 4. The molecule has 0 aromatic carbocycles. The van der Waals surface area contributed by atoms with Gasteiger partial charge in [-0.1, -0.05) is 0 Å². The summed E-state index contributed by atoms with van der Waals surface area (Å²) in [4.78, 5) is 18.5. The summed E-state index contributed by atoms with van der Waals surface area (Å²) < 4.78 is 1.73. The summed E-state index contributed by atoms with van der Waals surface area (Å²) in [6.07, 6.45) is 6.27. The zero-order chi connectivity index (χ0) is 11.4. The highest BCUT2D eigenvalue weighted by Gasteiger charge is 2.10. The molecule has 0 unspecified atom stereocenters. The van der Waals surface area contributed by atoms with Gasteiger partial charge in [0.2, 0.25) is 0 Å². The number of aromatic carboxylic acids is 1. The van der Waals surface area contributed by atoms with E-state index < -0.39 is 5.97 Å². The van der Waals surface area contributed by atoms with E-state index >= 15 is 0 Å². The number of carbonyl (C=O) groups is 1. The Balaban J connectivity index is 2.12. The third kappa shape index (κ3) is 2.17. The highest BCUT2D eigenvalue weighted by Crippen LogP contribution is 2.03. The van der Waals surface area contributed by atoms with Crippen molar-refractivity contribution >= 4 is 5.97 Å². The largest absolute Gasteiger partial charge is 0.478 e. The van der Waals surface area contributed by atoms with Crippen LogP contribution in [0.3, 0.4) is 0 Å². The van der Waals surface area contributed by atoms with Crippen LogP contribution in [0.15, 0.2) is 37.1 Å². The molecule has 16 heavy (non-hydrogen) atoms. The first kappa shape index (κ1) is 10.2. The molecule has 0 atom stereocenters. The minimum absolute atomic E-state index is 0.113. The van der Waals surface area contributed by atoms with Crippen molar-refractivity contribution in [2.24, 2.45) is 0 Å². The summed E-state index contributed by atoms with van der Waals surface area (Å²) in [5.74, 6) is -1.02. The van der Waals surface area contributed by atoms with Crippen LogP contribution < -0.4 is 5.43 Å². The zero-order valence-electron chi connectivity index (χ0n) is 8.37. The molecule has 6 nitrogen and oxygen atoms in total. The monoisotopic (exact) mass is 218 g/mol. The third-order valence-corrected chi connectivity index (χ3v) is 2.06. The van der Waals surface area contributed by atoms with Crippen molar-refractivity contribution in [1.82, 2.24) is 14.6 Å². The molecule has 0 radical (unpaired) electrons. The number of aromatic nitrogens is 3. The average molecular weight is 218 g/mol. The second-order valence-corrected chi connectivity index (χ2v) is 3.11. The van der Waals surface area contributed by atoms with Crippen LogP contribution in [0.5, 0.6) is 0 Å². The van der Waals surface area contributed by atoms with E-state index in [0.29, 0.717) is 12.2 Å². The lowest BCUT2D eigenvalue weighted by Gasteiger charge is -2.08. The molecule has 0 aliphatic rings. The number of nitrogens with zero attached hydrogens (tertiary/aromatic N) is 3. The maximum Gasteiger partial charge on any atom is 0.339 e. The van der Waals surface area contributed by atoms with Crippen LogP contribution in [0, 0.1) is 0 Å². The average Bonchev–Trinajstić information content (AvgIpc) is 2.79. The lowest BCUT2D eigenvalue weighted by molar-refractivity contribution is 0.0694. The topological polar surface area (TPSA) is 80.0 Å². The fraction of sp³-hybridized carbons (Fsp3) is 0.100. The molecular formula is C10H10N4O2. The second-order valence-electron chi connectivity index (χ2n) is 3.11. The van der Waals surface area contributed by atoms with Gasteiger partial charge in [-0.25, -0.2) is 14.8 Å². The van der Waals surface area contributed by atoms with Gasteiger partial charge in [0, 0.05) is 18.6 Å². The van der Waals surface area contributed by atoms with Gasteiger partial charge >= 0.3 is 5.97 Å². The number of carboxylic acid groups (broad SMARTS) is 1. The van der Waals surface area contributed by atoms with Gasteiger partial charge in [-0.15, -0.1) is 0 Å². The van der Waals surface area contributed by atoms with Gasteiger partial charge in [-0.3, -0.25) is 4.68 Å². The van der Waals surface area contributed by atoms with Crippen LogP contribution in [0.2, 0.25) is 0 Å². The molecule has 0 bridgehead atoms. The lowest BCUT2D eigenvalue weighted by atomic mass is 10.2. The molecule has 2 N–H and O–H groups in total. The van der Waals surface area contributed by atoms with Gasteiger partial charge in [-0.05, 0) is 12.1 Å². The molecule has 2 aromatic heterocycles. The molecule has 0 spiro atoms. The Morgan fingerprint density at radius 1 is 1.44 bits per heavy atom. The third-order valence-electron chi connectivity index (χ3n) is 2.06. The summed E-state index contributed by atoms with van der Waals surface area (Å²) in [5, 5.41) is 8.91. The van der Waals surface area contributed by atoms with Crippen LogP contribution >= 0.6 is 0 Å². The van der Waals surface area contributed by atoms with Crippen molar-refractivity contribution in [3.63, 3.8) is 0 Å². The van der Waals surface area contributed by atoms with Crippen molar-refractivity contribution < 1.29 is 9.90 Å². The molecule has 0 amide bonds. The molecule has 0 aliphatic carbocycles. The highest BCUT2D eigenvalue weighted by atomic mass is 16.4.